The number of rotatable bonds is 49. The standard InChI is InChI=1S/C59H104O12/c1-4-7-10-13-16-19-22-24-25-26-27-29-31-33-36-39-42-45-51(60)67-48-50(69-52(61)46-43-40-37-34-30-21-18-15-12-9-6-3)49-68-59-57(55(64)54(63)56(71-59)58(65)66)70-53(62)47-44-41-38-35-32-28-23-20-17-14-11-8-5-2/h15-16,18-19,24-25,50,54-57,59,63-64H,4-14,17,20-23,26-49H2,1-3H3,(H,65,66)/b18-15-,19-16-,25-24-. The molecule has 12 heteroatoms. The van der Waals surface area contributed by atoms with Gasteiger partial charge in [0.05, 0.1) is 6.61 Å². The average molecular weight is 1010 g/mol. The molecule has 0 bridgehead atoms. The van der Waals surface area contributed by atoms with E-state index in [0.717, 1.165) is 103 Å². The quantitative estimate of drug-likeness (QED) is 0.0228. The van der Waals surface area contributed by atoms with Gasteiger partial charge in [0.1, 0.15) is 18.8 Å². The first kappa shape index (κ1) is 66.0. The van der Waals surface area contributed by atoms with Crippen LogP contribution in [-0.4, -0.2) is 89.2 Å². The molecular formula is C59H104O12. The Morgan fingerprint density at radius 3 is 1.35 bits per heavy atom. The summed E-state index contributed by atoms with van der Waals surface area (Å²) in [6.45, 7) is 5.92. The van der Waals surface area contributed by atoms with E-state index >= 15 is 0 Å². The highest BCUT2D eigenvalue weighted by molar-refractivity contribution is 5.74. The number of aliphatic hydroxyl groups is 2. The van der Waals surface area contributed by atoms with Gasteiger partial charge in [0.2, 0.25) is 0 Å². The number of carbonyl (C=O) groups is 4. The molecule has 0 radical (unpaired) electrons. The minimum absolute atomic E-state index is 0.0635. The molecule has 0 aromatic rings. The van der Waals surface area contributed by atoms with E-state index in [0.29, 0.717) is 19.3 Å². The van der Waals surface area contributed by atoms with Crippen molar-refractivity contribution in [2.75, 3.05) is 13.2 Å². The van der Waals surface area contributed by atoms with Gasteiger partial charge in [0.25, 0.3) is 0 Å². The van der Waals surface area contributed by atoms with E-state index in [1.54, 1.807) is 0 Å². The van der Waals surface area contributed by atoms with Crippen molar-refractivity contribution in [3.8, 4) is 0 Å². The summed E-state index contributed by atoms with van der Waals surface area (Å²) < 4.78 is 28.4. The van der Waals surface area contributed by atoms with Gasteiger partial charge >= 0.3 is 23.9 Å². The maximum Gasteiger partial charge on any atom is 0.335 e. The van der Waals surface area contributed by atoms with Crippen LogP contribution in [0.1, 0.15) is 265 Å². The highest BCUT2D eigenvalue weighted by Crippen LogP contribution is 2.26. The van der Waals surface area contributed by atoms with Crippen molar-refractivity contribution in [3.63, 3.8) is 0 Å². The number of allylic oxidation sites excluding steroid dienone is 6. The lowest BCUT2D eigenvalue weighted by molar-refractivity contribution is -0.301. The summed E-state index contributed by atoms with van der Waals surface area (Å²) in [5, 5.41) is 31.4. The molecule has 0 saturated carbocycles. The van der Waals surface area contributed by atoms with Crippen molar-refractivity contribution >= 4 is 23.9 Å². The Morgan fingerprint density at radius 1 is 0.465 bits per heavy atom. The van der Waals surface area contributed by atoms with Gasteiger partial charge in [-0.2, -0.15) is 0 Å². The lowest BCUT2D eigenvalue weighted by Gasteiger charge is -2.40. The molecule has 1 rings (SSSR count). The van der Waals surface area contributed by atoms with Gasteiger partial charge in [-0.3, -0.25) is 14.4 Å². The van der Waals surface area contributed by atoms with Crippen molar-refractivity contribution in [3.05, 3.63) is 36.5 Å². The molecule has 1 saturated heterocycles. The van der Waals surface area contributed by atoms with Crippen LogP contribution in [0.5, 0.6) is 0 Å². The molecule has 0 aromatic carbocycles. The van der Waals surface area contributed by atoms with Crippen LogP contribution in [0.25, 0.3) is 0 Å². The number of carbonyl (C=O) groups excluding carboxylic acids is 3. The minimum atomic E-state index is -1.90. The van der Waals surface area contributed by atoms with Gasteiger partial charge in [0, 0.05) is 19.3 Å². The van der Waals surface area contributed by atoms with Crippen molar-refractivity contribution in [2.45, 2.75) is 302 Å². The number of ether oxygens (including phenoxy) is 5. The van der Waals surface area contributed by atoms with Crippen molar-refractivity contribution in [1.29, 1.82) is 0 Å². The summed E-state index contributed by atoms with van der Waals surface area (Å²) in [5.41, 5.74) is 0. The largest absolute Gasteiger partial charge is 0.479 e. The molecule has 1 heterocycles. The zero-order valence-corrected chi connectivity index (χ0v) is 45.2. The van der Waals surface area contributed by atoms with E-state index in [1.165, 1.54) is 103 Å². The zero-order valence-electron chi connectivity index (χ0n) is 45.2. The maximum atomic E-state index is 13.1. The molecule has 6 atom stereocenters. The van der Waals surface area contributed by atoms with E-state index in [9.17, 15) is 34.5 Å². The van der Waals surface area contributed by atoms with Crippen LogP contribution >= 0.6 is 0 Å². The molecule has 71 heavy (non-hydrogen) atoms. The molecule has 0 aromatic heterocycles. The number of carboxylic acids is 1. The van der Waals surface area contributed by atoms with E-state index < -0.39 is 67.3 Å². The molecule has 1 aliphatic heterocycles. The van der Waals surface area contributed by atoms with Crippen LogP contribution < -0.4 is 0 Å². The van der Waals surface area contributed by atoms with Crippen molar-refractivity contribution in [2.24, 2.45) is 0 Å². The number of hydrogen-bond donors (Lipinski definition) is 3. The van der Waals surface area contributed by atoms with E-state index in [2.05, 4.69) is 57.2 Å². The predicted molar refractivity (Wildman–Crippen MR) is 285 cm³/mol. The van der Waals surface area contributed by atoms with Crippen molar-refractivity contribution < 1.29 is 58.2 Å². The number of hydrogen-bond acceptors (Lipinski definition) is 11. The Bertz CT molecular complexity index is 1380. The van der Waals surface area contributed by atoms with Gasteiger partial charge in [-0.05, 0) is 70.6 Å². The monoisotopic (exact) mass is 1000 g/mol. The Hall–Kier alpha value is -3.06. The topological polar surface area (TPSA) is 175 Å². The highest BCUT2D eigenvalue weighted by Gasteiger charge is 2.50. The predicted octanol–water partition coefficient (Wildman–Crippen LogP) is 14.5. The van der Waals surface area contributed by atoms with Crippen LogP contribution in [0.3, 0.4) is 0 Å². The first-order valence-electron chi connectivity index (χ1n) is 29.0. The second-order valence-corrected chi connectivity index (χ2v) is 19.9. The van der Waals surface area contributed by atoms with Gasteiger partial charge in [0.15, 0.2) is 24.6 Å². The zero-order chi connectivity index (χ0) is 51.8. The smallest absolute Gasteiger partial charge is 0.335 e. The second-order valence-electron chi connectivity index (χ2n) is 19.9. The fraction of sp³-hybridized carbons (Fsp3) is 0.831. The molecule has 1 fully saturated rings. The summed E-state index contributed by atoms with van der Waals surface area (Å²) in [6.07, 6.45) is 42.6. The van der Waals surface area contributed by atoms with E-state index in [-0.39, 0.29) is 25.9 Å². The molecule has 3 N–H and O–H groups in total. The Balaban J connectivity index is 2.68. The van der Waals surface area contributed by atoms with Gasteiger partial charge in [-0.15, -0.1) is 0 Å². The third kappa shape index (κ3) is 38.2. The normalized spacial score (nSPS) is 18.7. The Morgan fingerprint density at radius 2 is 0.859 bits per heavy atom. The van der Waals surface area contributed by atoms with Crippen LogP contribution in [0.2, 0.25) is 0 Å². The fourth-order valence-electron chi connectivity index (χ4n) is 8.67. The summed E-state index contributed by atoms with van der Waals surface area (Å²) in [7, 11) is 0. The third-order valence-electron chi connectivity index (χ3n) is 13.2. The molecule has 1 aliphatic rings. The Kier molecular flexibility index (Phi) is 44.5. The SMILES string of the molecule is CCCC/C=C\CCCCCCCC(=O)OC(COC(=O)CCCCCCCCC/C=C\C/C=C\CCCCC)COC1OC(C(=O)O)C(O)C(O)C1OC(=O)CCCCCCCCCCCCCCC. The lowest BCUT2D eigenvalue weighted by Crippen LogP contribution is -2.61. The number of carboxylic acid groups (broad SMARTS) is 1. The first-order chi connectivity index (χ1) is 34.6. The van der Waals surface area contributed by atoms with Crippen LogP contribution in [0.4, 0.5) is 0 Å². The molecule has 0 aliphatic carbocycles. The highest BCUT2D eigenvalue weighted by atomic mass is 16.7. The van der Waals surface area contributed by atoms with E-state index in [4.69, 9.17) is 23.7 Å². The molecule has 0 amide bonds. The molecule has 6 unspecified atom stereocenters. The summed E-state index contributed by atoms with van der Waals surface area (Å²) in [4.78, 5) is 51.0. The van der Waals surface area contributed by atoms with Gasteiger partial charge in [-0.25, -0.2) is 4.79 Å². The van der Waals surface area contributed by atoms with Crippen LogP contribution in [0, 0.1) is 0 Å². The van der Waals surface area contributed by atoms with Gasteiger partial charge < -0.3 is 39.0 Å². The molecule has 412 valence electrons. The third-order valence-corrected chi connectivity index (χ3v) is 13.2. The molecule has 0 spiro atoms. The fourth-order valence-corrected chi connectivity index (χ4v) is 8.67. The summed E-state index contributed by atoms with van der Waals surface area (Å²) in [6, 6.07) is 0. The molecule has 12 nitrogen and oxygen atoms in total. The maximum absolute atomic E-state index is 13.1. The second kappa shape index (κ2) is 47.9. The number of aliphatic carboxylic acids is 1. The number of unbranched alkanes of at least 4 members (excludes halogenated alkanes) is 29. The van der Waals surface area contributed by atoms with Crippen LogP contribution in [-0.2, 0) is 42.9 Å². The lowest BCUT2D eigenvalue weighted by atomic mass is 9.98. The minimum Gasteiger partial charge on any atom is -0.479 e. The number of aliphatic hydroxyl groups excluding tert-OH is 2. The van der Waals surface area contributed by atoms with Crippen molar-refractivity contribution in [1.82, 2.24) is 0 Å². The summed E-state index contributed by atoms with van der Waals surface area (Å²) in [5.74, 6) is -3.12. The summed E-state index contributed by atoms with van der Waals surface area (Å²) >= 11 is 0. The Labute approximate surface area is 431 Å². The molecular weight excluding hydrogens is 901 g/mol. The first-order valence-corrected chi connectivity index (χ1v) is 29.0. The van der Waals surface area contributed by atoms with E-state index in [1.807, 2.05) is 0 Å². The van der Waals surface area contributed by atoms with Gasteiger partial charge in [-0.1, -0.05) is 211 Å². The number of esters is 3. The van der Waals surface area contributed by atoms with Crippen LogP contribution in [0.15, 0.2) is 36.5 Å². The average Bonchev–Trinajstić information content (AvgIpc) is 3.35.